The fourth-order valence-corrected chi connectivity index (χ4v) is 11.6. The molecule has 0 saturated carbocycles. The van der Waals surface area contributed by atoms with Crippen LogP contribution in [0.2, 0.25) is 0 Å². The van der Waals surface area contributed by atoms with E-state index < -0.39 is 0 Å². The minimum atomic E-state index is -0.295. The molecule has 2 heteroatoms. The summed E-state index contributed by atoms with van der Waals surface area (Å²) in [5, 5.41) is 2.47. The van der Waals surface area contributed by atoms with Crippen molar-refractivity contribution in [1.29, 1.82) is 0 Å². The first-order valence-corrected chi connectivity index (χ1v) is 22.3. The van der Waals surface area contributed by atoms with Crippen molar-refractivity contribution in [3.05, 3.63) is 172 Å². The maximum Gasteiger partial charge on any atom is 0.139 e. The summed E-state index contributed by atoms with van der Waals surface area (Å²) in [5.41, 5.74) is 23.6. The first-order valence-electron chi connectivity index (χ1n) is 22.3. The molecule has 0 N–H and O–H groups in total. The molecule has 7 aromatic carbocycles. The van der Waals surface area contributed by atoms with Crippen molar-refractivity contribution in [2.75, 3.05) is 4.90 Å². The van der Waals surface area contributed by atoms with Crippen molar-refractivity contribution in [2.45, 2.75) is 110 Å². The highest BCUT2D eigenvalue weighted by Gasteiger charge is 2.43. The molecule has 0 amide bonds. The summed E-state index contributed by atoms with van der Waals surface area (Å²) in [6.07, 6.45) is 0. The molecule has 0 radical (unpaired) electrons. The van der Waals surface area contributed by atoms with Crippen LogP contribution in [0.3, 0.4) is 0 Å². The Morgan fingerprint density at radius 2 is 1.00 bits per heavy atom. The van der Waals surface area contributed by atoms with Gasteiger partial charge in [0.1, 0.15) is 11.2 Å². The van der Waals surface area contributed by atoms with Gasteiger partial charge in [-0.1, -0.05) is 174 Å². The number of benzene rings is 7. The topological polar surface area (TPSA) is 16.4 Å². The summed E-state index contributed by atoms with van der Waals surface area (Å²) < 4.78 is 6.99. The fourth-order valence-electron chi connectivity index (χ4n) is 11.6. The molecule has 1 aromatic heterocycles. The van der Waals surface area contributed by atoms with E-state index in [4.69, 9.17) is 4.42 Å². The van der Waals surface area contributed by atoms with Gasteiger partial charge in [-0.2, -0.15) is 0 Å². The standard InChI is InChI=1S/C59H57NO/c1-55(2,3)34-31-40-52-49(61-54(40)46(32-34)56(4,5)6)30-29-39-51-44(59(11,12)53(39)52)24-18-26-48(51)60(35-27-28-37-36-19-13-15-21-41(36)58(9,10)45(37)33-35)47-25-17-23-43-50(47)38-20-14-16-22-42(38)57(43,7)8/h13-33H,1-12H3. The smallest absolute Gasteiger partial charge is 0.139 e. The third-order valence-corrected chi connectivity index (χ3v) is 14.9. The van der Waals surface area contributed by atoms with Crippen LogP contribution in [0.4, 0.5) is 17.1 Å². The maximum atomic E-state index is 6.99. The Kier molecular flexibility index (Phi) is 7.59. The minimum absolute atomic E-state index is 0.0171. The normalized spacial score (nSPS) is 16.3. The number of hydrogen-bond acceptors (Lipinski definition) is 2. The number of anilines is 3. The number of fused-ring (bicyclic) bond motifs is 13. The summed E-state index contributed by atoms with van der Waals surface area (Å²) >= 11 is 0. The Morgan fingerprint density at radius 1 is 0.459 bits per heavy atom. The quantitative estimate of drug-likeness (QED) is 0.177. The van der Waals surface area contributed by atoms with Gasteiger partial charge < -0.3 is 9.32 Å². The molecule has 0 fully saturated rings. The second-order valence-corrected chi connectivity index (χ2v) is 21.8. The molecule has 11 rings (SSSR count). The summed E-state index contributed by atoms with van der Waals surface area (Å²) in [6, 6.07) is 48.8. The first kappa shape index (κ1) is 38.1. The van der Waals surface area contributed by atoms with Crippen LogP contribution in [-0.2, 0) is 27.1 Å². The largest absolute Gasteiger partial charge is 0.456 e. The Morgan fingerprint density at radius 3 is 1.66 bits per heavy atom. The number of nitrogens with zero attached hydrogens (tertiary/aromatic N) is 1. The lowest BCUT2D eigenvalue weighted by Gasteiger charge is -2.32. The zero-order valence-corrected chi connectivity index (χ0v) is 38.0. The number of rotatable bonds is 3. The van der Waals surface area contributed by atoms with Gasteiger partial charge in [-0.25, -0.2) is 0 Å². The van der Waals surface area contributed by atoms with E-state index in [1.165, 1.54) is 106 Å². The zero-order valence-electron chi connectivity index (χ0n) is 38.0. The Labute approximate surface area is 362 Å². The molecule has 1 heterocycles. The van der Waals surface area contributed by atoms with E-state index in [9.17, 15) is 0 Å². The van der Waals surface area contributed by atoms with Crippen LogP contribution in [0.5, 0.6) is 0 Å². The second kappa shape index (κ2) is 12.2. The maximum absolute atomic E-state index is 6.99. The van der Waals surface area contributed by atoms with Crippen molar-refractivity contribution in [3.8, 4) is 33.4 Å². The van der Waals surface area contributed by atoms with Gasteiger partial charge in [-0.05, 0) is 108 Å². The lowest BCUT2D eigenvalue weighted by Crippen LogP contribution is -2.18. The molecule has 0 unspecified atom stereocenters. The van der Waals surface area contributed by atoms with E-state index in [-0.39, 0.29) is 27.1 Å². The van der Waals surface area contributed by atoms with Crippen LogP contribution in [0.25, 0.3) is 55.3 Å². The van der Waals surface area contributed by atoms with Crippen LogP contribution >= 0.6 is 0 Å². The SMILES string of the molecule is CC(C)(C)c1cc(C(C)(C)C)c2oc3ccc4c(c3c2c1)C(C)(C)c1cccc(N(c2ccc3c(c2)C(C)(C)c2ccccc2-3)c2cccc3c2-c2ccccc2C3(C)C)c1-4. The average Bonchev–Trinajstić information content (AvgIpc) is 3.86. The van der Waals surface area contributed by atoms with Gasteiger partial charge >= 0.3 is 0 Å². The monoisotopic (exact) mass is 795 g/mol. The third-order valence-electron chi connectivity index (χ3n) is 14.9. The zero-order chi connectivity index (χ0) is 42.8. The predicted octanol–water partition coefficient (Wildman–Crippen LogP) is 16.6. The molecule has 61 heavy (non-hydrogen) atoms. The van der Waals surface area contributed by atoms with Gasteiger partial charge in [-0.3, -0.25) is 0 Å². The molecule has 304 valence electrons. The lowest BCUT2D eigenvalue weighted by molar-refractivity contribution is 0.559. The highest BCUT2D eigenvalue weighted by atomic mass is 16.3. The average molecular weight is 796 g/mol. The summed E-state index contributed by atoms with van der Waals surface area (Å²) in [5.74, 6) is 0. The molecule has 0 saturated heterocycles. The van der Waals surface area contributed by atoms with Gasteiger partial charge in [0.2, 0.25) is 0 Å². The van der Waals surface area contributed by atoms with Crippen LogP contribution < -0.4 is 4.90 Å². The molecule has 0 spiro atoms. The third kappa shape index (κ3) is 5.08. The van der Waals surface area contributed by atoms with E-state index in [0.29, 0.717) is 0 Å². The lowest BCUT2D eigenvalue weighted by atomic mass is 9.77. The van der Waals surface area contributed by atoms with Crippen LogP contribution in [-0.4, -0.2) is 0 Å². The summed E-state index contributed by atoms with van der Waals surface area (Å²) in [7, 11) is 0. The molecule has 0 bridgehead atoms. The van der Waals surface area contributed by atoms with E-state index in [0.717, 1.165) is 11.2 Å². The molecule has 8 aromatic rings. The summed E-state index contributed by atoms with van der Waals surface area (Å²) in [4.78, 5) is 2.60. The van der Waals surface area contributed by atoms with Crippen molar-refractivity contribution in [3.63, 3.8) is 0 Å². The van der Waals surface area contributed by atoms with E-state index >= 15 is 0 Å². The molecular formula is C59H57NO. The van der Waals surface area contributed by atoms with Gasteiger partial charge in [0, 0.05) is 49.4 Å². The Balaban J connectivity index is 1.23. The molecule has 0 atom stereocenters. The van der Waals surface area contributed by atoms with Gasteiger partial charge in [0.05, 0.1) is 11.4 Å². The Bertz CT molecular complexity index is 3190. The van der Waals surface area contributed by atoms with Crippen LogP contribution in [0.1, 0.15) is 128 Å². The molecule has 3 aliphatic carbocycles. The number of furan rings is 1. The minimum Gasteiger partial charge on any atom is -0.456 e. The van der Waals surface area contributed by atoms with E-state index in [2.05, 4.69) is 215 Å². The molecule has 3 aliphatic rings. The van der Waals surface area contributed by atoms with Crippen molar-refractivity contribution in [1.82, 2.24) is 0 Å². The fraction of sp³-hybridized carbons (Fsp3) is 0.288. The van der Waals surface area contributed by atoms with Crippen LogP contribution in [0, 0.1) is 0 Å². The van der Waals surface area contributed by atoms with E-state index in [1.807, 2.05) is 0 Å². The number of hydrogen-bond donors (Lipinski definition) is 0. The predicted molar refractivity (Wildman–Crippen MR) is 258 cm³/mol. The van der Waals surface area contributed by atoms with Crippen LogP contribution in [0.15, 0.2) is 132 Å². The first-order chi connectivity index (χ1) is 28.8. The van der Waals surface area contributed by atoms with E-state index in [1.54, 1.807) is 0 Å². The van der Waals surface area contributed by atoms with Crippen molar-refractivity contribution in [2.24, 2.45) is 0 Å². The van der Waals surface area contributed by atoms with Crippen molar-refractivity contribution >= 4 is 39.0 Å². The van der Waals surface area contributed by atoms with Gasteiger partial charge in [0.15, 0.2) is 0 Å². The van der Waals surface area contributed by atoms with Crippen molar-refractivity contribution < 1.29 is 4.42 Å². The highest BCUT2D eigenvalue weighted by molar-refractivity contribution is 6.13. The Hall–Kier alpha value is -5.86. The molecule has 0 aliphatic heterocycles. The highest BCUT2D eigenvalue weighted by Crippen LogP contribution is 2.61. The molecule has 2 nitrogen and oxygen atoms in total. The van der Waals surface area contributed by atoms with Gasteiger partial charge in [0.25, 0.3) is 0 Å². The summed E-state index contributed by atoms with van der Waals surface area (Å²) in [6.45, 7) is 28.3. The molecular weight excluding hydrogens is 739 g/mol. The van der Waals surface area contributed by atoms with Gasteiger partial charge in [-0.15, -0.1) is 0 Å². The second-order valence-electron chi connectivity index (χ2n) is 21.8.